The Morgan fingerprint density at radius 3 is 2.75 bits per heavy atom. The van der Waals surface area contributed by atoms with Crippen LogP contribution in [0.2, 0.25) is 0 Å². The van der Waals surface area contributed by atoms with Crippen molar-refractivity contribution in [1.82, 2.24) is 0 Å². The van der Waals surface area contributed by atoms with E-state index >= 15 is 0 Å². The van der Waals surface area contributed by atoms with E-state index < -0.39 is 4.92 Å². The van der Waals surface area contributed by atoms with E-state index in [-0.39, 0.29) is 23.0 Å². The van der Waals surface area contributed by atoms with Gasteiger partial charge in [0.15, 0.2) is 0 Å². The van der Waals surface area contributed by atoms with Crippen LogP contribution in [0.3, 0.4) is 0 Å². The fraction of sp³-hybridized carbons (Fsp3) is 0.188. The summed E-state index contributed by atoms with van der Waals surface area (Å²) >= 11 is 4.77. The lowest BCUT2D eigenvalue weighted by atomic mass is 10.2. The van der Waals surface area contributed by atoms with Gasteiger partial charge in [0.05, 0.1) is 23.9 Å². The van der Waals surface area contributed by atoms with Crippen molar-refractivity contribution < 1.29 is 14.5 Å². The molecule has 24 heavy (non-hydrogen) atoms. The fourth-order valence-corrected chi connectivity index (χ4v) is 3.33. The van der Waals surface area contributed by atoms with Crippen LogP contribution in [-0.2, 0) is 4.79 Å². The van der Waals surface area contributed by atoms with E-state index in [0.717, 1.165) is 14.9 Å². The van der Waals surface area contributed by atoms with Crippen LogP contribution in [0.4, 0.5) is 11.4 Å². The van der Waals surface area contributed by atoms with Crippen LogP contribution >= 0.6 is 27.7 Å². The molecule has 0 aliphatic carbocycles. The number of benzene rings is 2. The molecule has 0 saturated heterocycles. The predicted octanol–water partition coefficient (Wildman–Crippen LogP) is 4.41. The van der Waals surface area contributed by atoms with E-state index in [4.69, 9.17) is 4.74 Å². The molecule has 1 amide bonds. The summed E-state index contributed by atoms with van der Waals surface area (Å²) < 4.78 is 5.90. The summed E-state index contributed by atoms with van der Waals surface area (Å²) in [6.07, 6.45) is 0. The number of nitro groups is 1. The van der Waals surface area contributed by atoms with Crippen LogP contribution in [-0.4, -0.2) is 23.7 Å². The second-order valence-electron chi connectivity index (χ2n) is 4.89. The summed E-state index contributed by atoms with van der Waals surface area (Å²) in [5.74, 6) is 0.201. The van der Waals surface area contributed by atoms with Gasteiger partial charge in [-0.25, -0.2) is 0 Å². The van der Waals surface area contributed by atoms with Gasteiger partial charge in [-0.05, 0) is 36.8 Å². The lowest BCUT2D eigenvalue weighted by molar-refractivity contribution is -0.384. The normalized spacial score (nSPS) is 10.3. The Kier molecular flexibility index (Phi) is 6.22. The second-order valence-corrected chi connectivity index (χ2v) is 6.82. The van der Waals surface area contributed by atoms with Crippen LogP contribution in [0.1, 0.15) is 5.56 Å². The van der Waals surface area contributed by atoms with Crippen LogP contribution in [0.5, 0.6) is 5.75 Å². The summed E-state index contributed by atoms with van der Waals surface area (Å²) in [4.78, 5) is 23.7. The molecular weight excluding hydrogens is 396 g/mol. The maximum atomic E-state index is 12.1. The number of anilines is 1. The van der Waals surface area contributed by atoms with Crippen molar-refractivity contribution in [2.24, 2.45) is 0 Å². The molecule has 0 unspecified atom stereocenters. The van der Waals surface area contributed by atoms with Gasteiger partial charge in [-0.15, -0.1) is 11.8 Å². The zero-order valence-corrected chi connectivity index (χ0v) is 15.4. The molecule has 0 aliphatic rings. The number of amides is 1. The molecule has 0 spiro atoms. The number of nitrogens with one attached hydrogen (secondary N) is 1. The van der Waals surface area contributed by atoms with E-state index in [1.165, 1.54) is 31.0 Å². The monoisotopic (exact) mass is 410 g/mol. The molecule has 0 bridgehead atoms. The minimum Gasteiger partial charge on any atom is -0.496 e. The van der Waals surface area contributed by atoms with Gasteiger partial charge in [0.25, 0.3) is 5.69 Å². The van der Waals surface area contributed by atoms with Gasteiger partial charge in [0.1, 0.15) is 11.4 Å². The zero-order chi connectivity index (χ0) is 17.7. The summed E-state index contributed by atoms with van der Waals surface area (Å²) in [7, 11) is 1.42. The SMILES string of the molecule is COc1ccc(NC(=O)CSc2cc(Br)ccc2C)c([N+](=O)[O-])c1. The number of nitrogens with zero attached hydrogens (tertiary/aromatic N) is 1. The first-order valence-electron chi connectivity index (χ1n) is 6.92. The molecule has 0 heterocycles. The van der Waals surface area contributed by atoms with Crippen molar-refractivity contribution in [1.29, 1.82) is 0 Å². The van der Waals surface area contributed by atoms with Gasteiger partial charge in [-0.2, -0.15) is 0 Å². The van der Waals surface area contributed by atoms with Crippen LogP contribution < -0.4 is 10.1 Å². The lowest BCUT2D eigenvalue weighted by Gasteiger charge is -2.09. The zero-order valence-electron chi connectivity index (χ0n) is 13.0. The average molecular weight is 411 g/mol. The molecule has 0 aromatic heterocycles. The van der Waals surface area contributed by atoms with E-state index in [1.54, 1.807) is 6.07 Å². The van der Waals surface area contributed by atoms with Crippen molar-refractivity contribution in [2.45, 2.75) is 11.8 Å². The first kappa shape index (κ1) is 18.3. The topological polar surface area (TPSA) is 81.5 Å². The molecule has 0 saturated carbocycles. The number of thioether (sulfide) groups is 1. The molecule has 2 aromatic carbocycles. The van der Waals surface area contributed by atoms with E-state index in [1.807, 2.05) is 25.1 Å². The van der Waals surface area contributed by atoms with Gasteiger partial charge in [-0.1, -0.05) is 22.0 Å². The highest BCUT2D eigenvalue weighted by atomic mass is 79.9. The van der Waals surface area contributed by atoms with Crippen molar-refractivity contribution in [3.63, 3.8) is 0 Å². The second kappa shape index (κ2) is 8.16. The van der Waals surface area contributed by atoms with Crippen LogP contribution in [0.25, 0.3) is 0 Å². The fourth-order valence-electron chi connectivity index (χ4n) is 1.95. The first-order chi connectivity index (χ1) is 11.4. The first-order valence-corrected chi connectivity index (χ1v) is 8.70. The number of nitro benzene ring substituents is 1. The quantitative estimate of drug-likeness (QED) is 0.433. The standard InChI is InChI=1S/C16H15BrN2O4S/c1-10-3-4-11(17)7-15(10)24-9-16(20)18-13-6-5-12(23-2)8-14(13)19(21)22/h3-8H,9H2,1-2H3,(H,18,20). The smallest absolute Gasteiger partial charge is 0.296 e. The minimum absolute atomic E-state index is 0.150. The van der Waals surface area contributed by atoms with Gasteiger partial charge in [-0.3, -0.25) is 14.9 Å². The molecule has 0 fully saturated rings. The highest BCUT2D eigenvalue weighted by Crippen LogP contribution is 2.30. The molecule has 2 rings (SSSR count). The third-order valence-electron chi connectivity index (χ3n) is 3.18. The highest BCUT2D eigenvalue weighted by Gasteiger charge is 2.17. The van der Waals surface area contributed by atoms with E-state index in [0.29, 0.717) is 5.75 Å². The summed E-state index contributed by atoms with van der Waals surface area (Å²) in [5, 5.41) is 13.7. The number of ether oxygens (including phenoxy) is 1. The summed E-state index contributed by atoms with van der Waals surface area (Å²) in [6.45, 7) is 1.96. The predicted molar refractivity (Wildman–Crippen MR) is 97.9 cm³/mol. The molecule has 6 nitrogen and oxygen atoms in total. The Balaban J connectivity index is 2.07. The number of aryl methyl sites for hydroxylation is 1. The average Bonchev–Trinajstić information content (AvgIpc) is 2.55. The van der Waals surface area contributed by atoms with Crippen molar-refractivity contribution in [2.75, 3.05) is 18.2 Å². The van der Waals surface area contributed by atoms with Gasteiger partial charge >= 0.3 is 0 Å². The maximum absolute atomic E-state index is 12.1. The number of hydrogen-bond acceptors (Lipinski definition) is 5. The van der Waals surface area contributed by atoms with Gasteiger partial charge < -0.3 is 10.1 Å². The number of halogens is 1. The lowest BCUT2D eigenvalue weighted by Crippen LogP contribution is -2.15. The Hall–Kier alpha value is -2.06. The van der Waals surface area contributed by atoms with E-state index in [9.17, 15) is 14.9 Å². The molecule has 1 N–H and O–H groups in total. The summed E-state index contributed by atoms with van der Waals surface area (Å²) in [6, 6.07) is 10.1. The van der Waals surface area contributed by atoms with Crippen molar-refractivity contribution in [3.8, 4) is 5.75 Å². The highest BCUT2D eigenvalue weighted by molar-refractivity contribution is 9.10. The van der Waals surface area contributed by atoms with Crippen molar-refractivity contribution >= 4 is 45.0 Å². The van der Waals surface area contributed by atoms with Crippen molar-refractivity contribution in [3.05, 3.63) is 56.5 Å². The number of carbonyl (C=O) groups excluding carboxylic acids is 1. The number of methoxy groups -OCH3 is 1. The third-order valence-corrected chi connectivity index (χ3v) is 4.84. The number of hydrogen-bond donors (Lipinski definition) is 1. The number of rotatable bonds is 6. The Labute approximate surface area is 151 Å². The third kappa shape index (κ3) is 4.72. The Morgan fingerprint density at radius 2 is 2.08 bits per heavy atom. The minimum atomic E-state index is -0.552. The molecule has 0 atom stereocenters. The molecule has 8 heteroatoms. The largest absolute Gasteiger partial charge is 0.496 e. The summed E-state index contributed by atoms with van der Waals surface area (Å²) in [5.41, 5.74) is 1.01. The Morgan fingerprint density at radius 1 is 1.33 bits per heavy atom. The van der Waals surface area contributed by atoms with Crippen LogP contribution in [0, 0.1) is 17.0 Å². The molecular formula is C16H15BrN2O4S. The molecule has 126 valence electrons. The van der Waals surface area contributed by atoms with E-state index in [2.05, 4.69) is 21.2 Å². The molecule has 2 aromatic rings. The maximum Gasteiger partial charge on any atom is 0.296 e. The Bertz CT molecular complexity index is 783. The number of carbonyl (C=O) groups is 1. The molecule has 0 aliphatic heterocycles. The van der Waals surface area contributed by atoms with Crippen LogP contribution in [0.15, 0.2) is 45.8 Å². The van der Waals surface area contributed by atoms with Gasteiger partial charge in [0, 0.05) is 9.37 Å². The molecule has 0 radical (unpaired) electrons. The van der Waals surface area contributed by atoms with Gasteiger partial charge in [0.2, 0.25) is 5.91 Å².